The van der Waals surface area contributed by atoms with Crippen LogP contribution in [0.25, 0.3) is 5.69 Å². The number of hydrogen-bond acceptors (Lipinski definition) is 7. The molecule has 4 aromatic rings. The van der Waals surface area contributed by atoms with Gasteiger partial charge in [-0.3, -0.25) is 4.79 Å². The Bertz CT molecular complexity index is 1580. The first-order valence-electron chi connectivity index (χ1n) is 12.5. The predicted molar refractivity (Wildman–Crippen MR) is 149 cm³/mol. The Kier molecular flexibility index (Phi) is 7.13. The number of rotatable bonds is 7. The summed E-state index contributed by atoms with van der Waals surface area (Å²) in [5.74, 6) is 3.23. The summed E-state index contributed by atoms with van der Waals surface area (Å²) < 4.78 is 40.2. The van der Waals surface area contributed by atoms with E-state index in [9.17, 15) is 13.2 Å². The van der Waals surface area contributed by atoms with Crippen LogP contribution >= 0.6 is 11.8 Å². The van der Waals surface area contributed by atoms with E-state index in [1.807, 2.05) is 54.6 Å². The molecule has 200 valence electrons. The molecule has 11 heteroatoms. The van der Waals surface area contributed by atoms with Crippen LogP contribution in [0.3, 0.4) is 0 Å². The number of amides is 1. The molecule has 9 nitrogen and oxygen atoms in total. The number of benzene rings is 3. The number of fused-ring (bicyclic) bond motifs is 1. The van der Waals surface area contributed by atoms with E-state index in [0.717, 1.165) is 34.2 Å². The van der Waals surface area contributed by atoms with Crippen molar-refractivity contribution in [3.63, 3.8) is 0 Å². The summed E-state index contributed by atoms with van der Waals surface area (Å²) in [6.45, 7) is 1.38. The molecule has 6 rings (SSSR count). The topological polar surface area (TPSA) is 103 Å². The number of nitrogens with zero attached hydrogens (tertiary/aromatic N) is 3. The van der Waals surface area contributed by atoms with Gasteiger partial charge in [-0.05, 0) is 60.7 Å². The van der Waals surface area contributed by atoms with Crippen LogP contribution in [0.2, 0.25) is 0 Å². The van der Waals surface area contributed by atoms with E-state index >= 15 is 0 Å². The van der Waals surface area contributed by atoms with Crippen LogP contribution in [0.15, 0.2) is 83.8 Å². The van der Waals surface area contributed by atoms with Gasteiger partial charge in [0.1, 0.15) is 17.3 Å². The number of para-hydroxylation sites is 1. The maximum Gasteiger partial charge on any atom is 0.256 e. The van der Waals surface area contributed by atoms with Crippen LogP contribution in [0.1, 0.15) is 21.6 Å². The molecule has 1 saturated heterocycles. The fraction of sp³-hybridized carbons (Fsp3) is 0.214. The Labute approximate surface area is 230 Å². The van der Waals surface area contributed by atoms with Gasteiger partial charge in [0.05, 0.1) is 29.5 Å². The van der Waals surface area contributed by atoms with Crippen molar-refractivity contribution in [3.8, 4) is 17.2 Å². The molecular weight excluding hydrogens is 536 g/mol. The summed E-state index contributed by atoms with van der Waals surface area (Å²) in [7, 11) is -3.63. The third kappa shape index (κ3) is 5.30. The molecule has 39 heavy (non-hydrogen) atoms. The minimum atomic E-state index is -3.63. The molecule has 3 aromatic carbocycles. The minimum Gasteiger partial charge on any atom is -0.457 e. The van der Waals surface area contributed by atoms with E-state index in [1.54, 1.807) is 16.4 Å². The standard InChI is InChI=1S/C28H26N4O5S2/c33-28(20-6-12-24(13-7-20)39(34,35)31-14-16-36-17-15-31)29-27-25-18-38-19-26(25)30-32(27)21-8-10-23(11-9-21)37-22-4-2-1-3-5-22/h1-13H,14-19H2,(H,29,33). The van der Waals surface area contributed by atoms with Crippen LogP contribution in [0, 0.1) is 0 Å². The second kappa shape index (κ2) is 10.9. The molecule has 0 atom stereocenters. The van der Waals surface area contributed by atoms with Crippen molar-refractivity contribution in [1.82, 2.24) is 14.1 Å². The Hall–Kier alpha value is -3.64. The van der Waals surface area contributed by atoms with Crippen molar-refractivity contribution in [3.05, 3.63) is 95.7 Å². The molecule has 0 saturated carbocycles. The Morgan fingerprint density at radius 2 is 1.59 bits per heavy atom. The average molecular weight is 563 g/mol. The second-order valence-corrected chi connectivity index (χ2v) is 12.0. The fourth-order valence-corrected chi connectivity index (χ4v) is 6.95. The monoisotopic (exact) mass is 562 g/mol. The summed E-state index contributed by atoms with van der Waals surface area (Å²) >= 11 is 1.74. The number of morpholine rings is 1. The molecule has 2 aliphatic heterocycles. The third-order valence-corrected chi connectivity index (χ3v) is 9.45. The number of ether oxygens (including phenoxy) is 2. The van der Waals surface area contributed by atoms with Crippen LogP contribution in [0.5, 0.6) is 11.5 Å². The molecule has 1 N–H and O–H groups in total. The van der Waals surface area contributed by atoms with Crippen molar-refractivity contribution < 1.29 is 22.7 Å². The smallest absolute Gasteiger partial charge is 0.256 e. The number of thioether (sulfide) groups is 1. The number of hydrogen-bond donors (Lipinski definition) is 1. The Morgan fingerprint density at radius 1 is 0.897 bits per heavy atom. The van der Waals surface area contributed by atoms with Gasteiger partial charge in [-0.2, -0.15) is 21.2 Å². The van der Waals surface area contributed by atoms with Gasteiger partial charge in [0.15, 0.2) is 0 Å². The van der Waals surface area contributed by atoms with Gasteiger partial charge in [0, 0.05) is 35.7 Å². The quantitative estimate of drug-likeness (QED) is 0.349. The van der Waals surface area contributed by atoms with E-state index in [-0.39, 0.29) is 10.8 Å². The van der Waals surface area contributed by atoms with Crippen LogP contribution in [-0.2, 0) is 26.3 Å². The highest BCUT2D eigenvalue weighted by molar-refractivity contribution is 7.98. The number of anilines is 1. The highest BCUT2D eigenvalue weighted by Crippen LogP contribution is 2.36. The van der Waals surface area contributed by atoms with Crippen molar-refractivity contribution in [2.75, 3.05) is 31.6 Å². The van der Waals surface area contributed by atoms with Crippen molar-refractivity contribution in [2.24, 2.45) is 0 Å². The van der Waals surface area contributed by atoms with Gasteiger partial charge in [-0.1, -0.05) is 18.2 Å². The Morgan fingerprint density at radius 3 is 2.31 bits per heavy atom. The third-order valence-electron chi connectivity index (χ3n) is 6.57. The van der Waals surface area contributed by atoms with E-state index in [0.29, 0.717) is 43.4 Å². The van der Waals surface area contributed by atoms with Crippen molar-refractivity contribution >= 4 is 33.5 Å². The molecule has 0 unspecified atom stereocenters. The molecule has 1 amide bonds. The summed E-state index contributed by atoms with van der Waals surface area (Å²) in [6.07, 6.45) is 0. The summed E-state index contributed by atoms with van der Waals surface area (Å²) in [5.41, 5.74) is 3.07. The van der Waals surface area contributed by atoms with Gasteiger partial charge in [0.2, 0.25) is 10.0 Å². The average Bonchev–Trinajstić information content (AvgIpc) is 3.57. The van der Waals surface area contributed by atoms with E-state index in [2.05, 4.69) is 5.32 Å². The summed E-state index contributed by atoms with van der Waals surface area (Å²) in [6, 6.07) is 23.1. The molecule has 0 spiro atoms. The SMILES string of the molecule is O=C(Nc1c2c(nn1-c1ccc(Oc3ccccc3)cc1)CSC2)c1ccc(S(=O)(=O)N2CCOCC2)cc1. The van der Waals surface area contributed by atoms with E-state index in [4.69, 9.17) is 14.6 Å². The van der Waals surface area contributed by atoms with Gasteiger partial charge >= 0.3 is 0 Å². The van der Waals surface area contributed by atoms with Gasteiger partial charge in [-0.15, -0.1) is 0 Å². The van der Waals surface area contributed by atoms with Crippen LogP contribution in [0.4, 0.5) is 5.82 Å². The molecule has 3 heterocycles. The van der Waals surface area contributed by atoms with Gasteiger partial charge in [-0.25, -0.2) is 13.1 Å². The van der Waals surface area contributed by atoms with Crippen LogP contribution in [-0.4, -0.2) is 54.7 Å². The molecule has 0 aliphatic carbocycles. The van der Waals surface area contributed by atoms with Crippen LogP contribution < -0.4 is 10.1 Å². The first kappa shape index (κ1) is 25.6. The van der Waals surface area contributed by atoms with Gasteiger partial charge < -0.3 is 14.8 Å². The molecule has 0 radical (unpaired) electrons. The highest BCUT2D eigenvalue weighted by Gasteiger charge is 2.27. The highest BCUT2D eigenvalue weighted by atomic mass is 32.2. The Balaban J connectivity index is 1.22. The lowest BCUT2D eigenvalue weighted by molar-refractivity contribution is 0.0730. The zero-order valence-corrected chi connectivity index (χ0v) is 22.6. The minimum absolute atomic E-state index is 0.154. The van der Waals surface area contributed by atoms with Crippen molar-refractivity contribution in [2.45, 2.75) is 16.4 Å². The zero-order valence-electron chi connectivity index (χ0n) is 20.9. The fourth-order valence-electron chi connectivity index (χ4n) is 4.50. The second-order valence-electron chi connectivity index (χ2n) is 9.08. The summed E-state index contributed by atoms with van der Waals surface area (Å²) in [4.78, 5) is 13.4. The first-order chi connectivity index (χ1) is 19.0. The van der Waals surface area contributed by atoms with Gasteiger partial charge in [0.25, 0.3) is 5.91 Å². The molecule has 1 fully saturated rings. The first-order valence-corrected chi connectivity index (χ1v) is 15.1. The number of carbonyl (C=O) groups excluding carboxylic acids is 1. The lowest BCUT2D eigenvalue weighted by atomic mass is 10.2. The predicted octanol–water partition coefficient (Wildman–Crippen LogP) is 4.68. The number of sulfonamides is 1. The molecule has 0 bridgehead atoms. The lowest BCUT2D eigenvalue weighted by Crippen LogP contribution is -2.40. The number of aromatic nitrogens is 2. The maximum absolute atomic E-state index is 13.3. The van der Waals surface area contributed by atoms with E-state index < -0.39 is 10.0 Å². The lowest BCUT2D eigenvalue weighted by Gasteiger charge is -2.26. The zero-order chi connectivity index (χ0) is 26.8. The van der Waals surface area contributed by atoms with E-state index in [1.165, 1.54) is 28.6 Å². The molecular formula is C28H26N4O5S2. The van der Waals surface area contributed by atoms with Crippen molar-refractivity contribution in [1.29, 1.82) is 0 Å². The molecule has 1 aromatic heterocycles. The number of carbonyl (C=O) groups is 1. The maximum atomic E-state index is 13.3. The molecule has 2 aliphatic rings. The normalized spacial score (nSPS) is 15.6. The number of nitrogens with one attached hydrogen (secondary N) is 1. The summed E-state index contributed by atoms with van der Waals surface area (Å²) in [5, 5.41) is 7.79. The largest absolute Gasteiger partial charge is 0.457 e.